The monoisotopic (exact) mass is 488 g/mol. The quantitative estimate of drug-likeness (QED) is 0.398. The molecule has 1 aliphatic heterocycles. The molecule has 0 spiro atoms. The van der Waals surface area contributed by atoms with Crippen molar-refractivity contribution in [1.82, 2.24) is 34.8 Å². The number of benzene rings is 1. The summed E-state index contributed by atoms with van der Waals surface area (Å²) >= 11 is 0. The molecule has 10 heteroatoms. The molecule has 1 atom stereocenters. The molecule has 3 aromatic heterocycles. The Labute approximate surface area is 210 Å². The summed E-state index contributed by atoms with van der Waals surface area (Å²) in [5.41, 5.74) is 9.03. The Morgan fingerprint density at radius 2 is 1.69 bits per heavy atom. The van der Waals surface area contributed by atoms with Crippen LogP contribution in [0.1, 0.15) is 32.2 Å². The van der Waals surface area contributed by atoms with Gasteiger partial charge in [-0.1, -0.05) is 43.3 Å². The zero-order valence-corrected chi connectivity index (χ0v) is 21.0. The number of ether oxygens (including phenoxy) is 1. The zero-order chi connectivity index (χ0) is 25.1. The molecule has 0 bridgehead atoms. The van der Waals surface area contributed by atoms with E-state index >= 15 is 0 Å². The van der Waals surface area contributed by atoms with E-state index in [1.807, 2.05) is 10.9 Å². The molecule has 4 heterocycles. The minimum Gasteiger partial charge on any atom is -0.379 e. The standard InChI is InChI=1S/C26H32N8O2/c1-18(2)26(3,22-6-4-19(5-7-22)20-14-28-25(27)29-15-20)24-31-23(36-32-24)21-16-30-34(17-21)9-8-33-10-12-35-13-11-33/h4-7,14-18H,8-13H2,1-3H3,(H2,27,28,29). The number of morpholine rings is 1. The fourth-order valence-corrected chi connectivity index (χ4v) is 4.43. The average molecular weight is 489 g/mol. The topological polar surface area (TPSA) is 121 Å². The van der Waals surface area contributed by atoms with E-state index in [4.69, 9.17) is 20.0 Å². The Morgan fingerprint density at radius 3 is 2.39 bits per heavy atom. The van der Waals surface area contributed by atoms with E-state index in [1.54, 1.807) is 18.6 Å². The number of aromatic nitrogens is 6. The number of nitrogen functional groups attached to an aromatic ring is 1. The summed E-state index contributed by atoms with van der Waals surface area (Å²) in [5.74, 6) is 1.62. The van der Waals surface area contributed by atoms with E-state index in [-0.39, 0.29) is 11.9 Å². The van der Waals surface area contributed by atoms with Gasteiger partial charge in [0.05, 0.1) is 36.9 Å². The third-order valence-electron chi connectivity index (χ3n) is 7.16. The molecule has 1 fully saturated rings. The number of rotatable bonds is 8. The van der Waals surface area contributed by atoms with Gasteiger partial charge in [-0.3, -0.25) is 9.58 Å². The first-order valence-electron chi connectivity index (χ1n) is 12.3. The Hall–Kier alpha value is -3.63. The molecule has 4 aromatic rings. The molecule has 5 rings (SSSR count). The molecular formula is C26H32N8O2. The van der Waals surface area contributed by atoms with Gasteiger partial charge in [-0.15, -0.1) is 0 Å². The van der Waals surface area contributed by atoms with Crippen molar-refractivity contribution >= 4 is 5.95 Å². The van der Waals surface area contributed by atoms with Crippen molar-refractivity contribution in [1.29, 1.82) is 0 Å². The normalized spacial score (nSPS) is 16.3. The fourth-order valence-electron chi connectivity index (χ4n) is 4.43. The molecule has 1 saturated heterocycles. The average Bonchev–Trinajstić information content (AvgIpc) is 3.58. The number of anilines is 1. The van der Waals surface area contributed by atoms with E-state index in [9.17, 15) is 0 Å². The Bertz CT molecular complexity index is 1280. The van der Waals surface area contributed by atoms with Gasteiger partial charge in [-0.05, 0) is 24.0 Å². The van der Waals surface area contributed by atoms with Crippen molar-refractivity contribution in [3.8, 4) is 22.6 Å². The van der Waals surface area contributed by atoms with Crippen LogP contribution < -0.4 is 5.73 Å². The molecule has 188 valence electrons. The van der Waals surface area contributed by atoms with Crippen LogP contribution in [0.2, 0.25) is 0 Å². The number of nitrogens with zero attached hydrogens (tertiary/aromatic N) is 7. The second-order valence-corrected chi connectivity index (χ2v) is 9.63. The molecular weight excluding hydrogens is 456 g/mol. The smallest absolute Gasteiger partial charge is 0.261 e. The molecule has 1 aliphatic rings. The van der Waals surface area contributed by atoms with Crippen LogP contribution in [0.5, 0.6) is 0 Å². The van der Waals surface area contributed by atoms with Gasteiger partial charge >= 0.3 is 0 Å². The zero-order valence-electron chi connectivity index (χ0n) is 21.0. The van der Waals surface area contributed by atoms with Crippen LogP contribution in [0.4, 0.5) is 5.95 Å². The van der Waals surface area contributed by atoms with Crippen LogP contribution >= 0.6 is 0 Å². The highest BCUT2D eigenvalue weighted by molar-refractivity contribution is 5.62. The molecule has 36 heavy (non-hydrogen) atoms. The minimum absolute atomic E-state index is 0.227. The highest BCUT2D eigenvalue weighted by atomic mass is 16.5. The molecule has 0 amide bonds. The summed E-state index contributed by atoms with van der Waals surface area (Å²) in [7, 11) is 0. The SMILES string of the molecule is CC(C)C(C)(c1ccc(-c2cnc(N)nc2)cc1)c1noc(-c2cnn(CCN3CCOCC3)c2)n1. The van der Waals surface area contributed by atoms with Gasteiger partial charge in [-0.2, -0.15) is 10.1 Å². The molecule has 0 saturated carbocycles. The summed E-state index contributed by atoms with van der Waals surface area (Å²) in [6.07, 6.45) is 7.21. The Balaban J connectivity index is 1.34. The van der Waals surface area contributed by atoms with Gasteiger partial charge in [0.15, 0.2) is 5.82 Å². The van der Waals surface area contributed by atoms with Crippen LogP contribution in [0, 0.1) is 5.92 Å². The lowest BCUT2D eigenvalue weighted by atomic mass is 9.72. The summed E-state index contributed by atoms with van der Waals surface area (Å²) in [5, 5.41) is 8.90. The van der Waals surface area contributed by atoms with Crippen LogP contribution in [0.3, 0.4) is 0 Å². The maximum Gasteiger partial charge on any atom is 0.261 e. The van der Waals surface area contributed by atoms with E-state index in [1.165, 1.54) is 0 Å². The van der Waals surface area contributed by atoms with Gasteiger partial charge in [0.2, 0.25) is 5.95 Å². The van der Waals surface area contributed by atoms with Gasteiger partial charge in [0, 0.05) is 43.8 Å². The minimum atomic E-state index is -0.440. The molecule has 0 radical (unpaired) electrons. The molecule has 10 nitrogen and oxygen atoms in total. The van der Waals surface area contributed by atoms with E-state index in [0.717, 1.165) is 61.6 Å². The van der Waals surface area contributed by atoms with E-state index in [2.05, 4.69) is 70.2 Å². The van der Waals surface area contributed by atoms with Crippen molar-refractivity contribution in [2.24, 2.45) is 5.92 Å². The Kier molecular flexibility index (Phi) is 6.80. The van der Waals surface area contributed by atoms with E-state index < -0.39 is 5.41 Å². The number of hydrogen-bond acceptors (Lipinski definition) is 9. The van der Waals surface area contributed by atoms with Crippen LogP contribution in [0.25, 0.3) is 22.6 Å². The Morgan fingerprint density at radius 1 is 0.972 bits per heavy atom. The second-order valence-electron chi connectivity index (χ2n) is 9.63. The van der Waals surface area contributed by atoms with Crippen LogP contribution in [-0.4, -0.2) is 67.6 Å². The first kappa shape index (κ1) is 24.1. The summed E-state index contributed by atoms with van der Waals surface area (Å²) < 4.78 is 13.1. The summed E-state index contributed by atoms with van der Waals surface area (Å²) in [4.78, 5) is 15.4. The maximum absolute atomic E-state index is 5.71. The lowest BCUT2D eigenvalue weighted by Gasteiger charge is -2.31. The lowest BCUT2D eigenvalue weighted by molar-refractivity contribution is 0.0360. The van der Waals surface area contributed by atoms with Crippen molar-refractivity contribution in [3.05, 3.63) is 60.4 Å². The van der Waals surface area contributed by atoms with Gasteiger partial charge < -0.3 is 15.0 Å². The van der Waals surface area contributed by atoms with Crippen LogP contribution in [0.15, 0.2) is 53.6 Å². The fraction of sp³-hybridized carbons (Fsp3) is 0.423. The number of hydrogen-bond donors (Lipinski definition) is 1. The first-order valence-corrected chi connectivity index (χ1v) is 12.3. The molecule has 1 aromatic carbocycles. The van der Waals surface area contributed by atoms with Gasteiger partial charge in [0.1, 0.15) is 0 Å². The van der Waals surface area contributed by atoms with Crippen molar-refractivity contribution in [2.75, 3.05) is 38.6 Å². The predicted octanol–water partition coefficient (Wildman–Crippen LogP) is 3.27. The molecule has 1 unspecified atom stereocenters. The summed E-state index contributed by atoms with van der Waals surface area (Å²) in [6, 6.07) is 8.32. The van der Waals surface area contributed by atoms with E-state index in [0.29, 0.717) is 11.7 Å². The van der Waals surface area contributed by atoms with Crippen LogP contribution in [-0.2, 0) is 16.7 Å². The summed E-state index contributed by atoms with van der Waals surface area (Å²) in [6.45, 7) is 11.7. The number of nitrogens with two attached hydrogens (primary N) is 1. The van der Waals surface area contributed by atoms with Crippen molar-refractivity contribution in [3.63, 3.8) is 0 Å². The third kappa shape index (κ3) is 4.87. The largest absolute Gasteiger partial charge is 0.379 e. The molecule has 2 N–H and O–H groups in total. The maximum atomic E-state index is 5.71. The first-order chi connectivity index (χ1) is 17.4. The highest BCUT2D eigenvalue weighted by Crippen LogP contribution is 2.38. The van der Waals surface area contributed by atoms with Gasteiger partial charge in [0.25, 0.3) is 5.89 Å². The van der Waals surface area contributed by atoms with Crippen molar-refractivity contribution < 1.29 is 9.26 Å². The lowest BCUT2D eigenvalue weighted by Crippen LogP contribution is -2.38. The highest BCUT2D eigenvalue weighted by Gasteiger charge is 2.37. The van der Waals surface area contributed by atoms with Crippen molar-refractivity contribution in [2.45, 2.75) is 32.7 Å². The van der Waals surface area contributed by atoms with Gasteiger partial charge in [-0.25, -0.2) is 9.97 Å². The third-order valence-corrected chi connectivity index (χ3v) is 7.16. The predicted molar refractivity (Wildman–Crippen MR) is 136 cm³/mol. The molecule has 0 aliphatic carbocycles. The second kappa shape index (κ2) is 10.2.